The van der Waals surface area contributed by atoms with E-state index in [1.54, 1.807) is 11.8 Å². The molecule has 0 aromatic heterocycles. The summed E-state index contributed by atoms with van der Waals surface area (Å²) in [6.07, 6.45) is 11.2. The molecule has 0 aliphatic carbocycles. The fourth-order valence-electron chi connectivity index (χ4n) is 2.28. The first-order valence-corrected chi connectivity index (χ1v) is 10.8. The smallest absolute Gasteiger partial charge is 0.217 e. The lowest BCUT2D eigenvalue weighted by Gasteiger charge is -2.14. The molecule has 0 bridgehead atoms. The summed E-state index contributed by atoms with van der Waals surface area (Å²) in [6, 6.07) is -0.491. The van der Waals surface area contributed by atoms with Crippen LogP contribution in [-0.2, 0) is 9.59 Å². The maximum Gasteiger partial charge on any atom is 0.217 e. The van der Waals surface area contributed by atoms with Crippen LogP contribution in [-0.4, -0.2) is 35.1 Å². The van der Waals surface area contributed by atoms with E-state index in [4.69, 9.17) is 11.6 Å². The highest BCUT2D eigenvalue weighted by Crippen LogP contribution is 2.13. The first kappa shape index (κ1) is 25.0. The molecule has 0 aliphatic heterocycles. The van der Waals surface area contributed by atoms with Gasteiger partial charge in [0, 0.05) is 18.4 Å². The number of alkyl halides is 1. The maximum absolute atomic E-state index is 11.7. The molecule has 1 unspecified atom stereocenters. The molecular formula is C21H34ClNO2S. The fraction of sp³-hybridized carbons (Fsp3) is 0.619. The van der Waals surface area contributed by atoms with Gasteiger partial charge in [0.15, 0.2) is 5.78 Å². The number of ketones is 1. The van der Waals surface area contributed by atoms with Gasteiger partial charge >= 0.3 is 0 Å². The van der Waals surface area contributed by atoms with Crippen LogP contribution in [0.1, 0.15) is 60.3 Å². The lowest BCUT2D eigenvalue weighted by Crippen LogP contribution is -2.42. The average Bonchev–Trinajstić information content (AvgIpc) is 2.56. The van der Waals surface area contributed by atoms with E-state index in [2.05, 4.69) is 51.2 Å². The fourth-order valence-corrected chi connectivity index (χ4v) is 3.51. The number of allylic oxidation sites excluding steroid dienone is 5. The number of amides is 1. The standard InChI is InChI=1S/C21H34ClNO2S/c1-16(2)8-6-9-17(3)10-7-11-18(4)12-13-26-15-20(21(25)14-22)23-19(5)24/h8,10,12,20H,6-7,9,11,13-15H2,1-5H3,(H,23,24)/b17-10+,18-12+. The molecule has 148 valence electrons. The molecule has 1 amide bonds. The predicted octanol–water partition coefficient (Wildman–Crippen LogP) is 5.45. The highest BCUT2D eigenvalue weighted by Gasteiger charge is 2.17. The number of rotatable bonds is 13. The third-order valence-corrected chi connectivity index (χ3v) is 5.09. The molecule has 1 N–H and O–H groups in total. The number of hydrogen-bond acceptors (Lipinski definition) is 3. The molecule has 0 saturated heterocycles. The Hall–Kier alpha value is -1.00. The Bertz CT molecular complexity index is 534. The molecular weight excluding hydrogens is 366 g/mol. The van der Waals surface area contributed by atoms with Crippen molar-refractivity contribution < 1.29 is 9.59 Å². The number of hydrogen-bond donors (Lipinski definition) is 1. The van der Waals surface area contributed by atoms with Crippen molar-refractivity contribution in [1.29, 1.82) is 0 Å². The van der Waals surface area contributed by atoms with Crippen LogP contribution in [0.25, 0.3) is 0 Å². The van der Waals surface area contributed by atoms with Crippen LogP contribution < -0.4 is 5.32 Å². The second-order valence-electron chi connectivity index (χ2n) is 6.85. The third-order valence-electron chi connectivity index (χ3n) is 3.85. The van der Waals surface area contributed by atoms with Crippen LogP contribution in [0.15, 0.2) is 34.9 Å². The van der Waals surface area contributed by atoms with Crippen molar-refractivity contribution in [2.45, 2.75) is 66.3 Å². The maximum atomic E-state index is 11.7. The minimum absolute atomic E-state index is 0.0698. The van der Waals surface area contributed by atoms with Crippen LogP contribution in [0.2, 0.25) is 0 Å². The van der Waals surface area contributed by atoms with E-state index in [1.807, 2.05) is 0 Å². The van der Waals surface area contributed by atoms with Crippen molar-refractivity contribution in [2.75, 3.05) is 17.4 Å². The highest BCUT2D eigenvalue weighted by molar-refractivity contribution is 7.99. The number of halogens is 1. The van der Waals surface area contributed by atoms with Gasteiger partial charge in [-0.25, -0.2) is 0 Å². The first-order valence-electron chi connectivity index (χ1n) is 9.14. The zero-order valence-electron chi connectivity index (χ0n) is 16.9. The van der Waals surface area contributed by atoms with Crippen molar-refractivity contribution in [3.63, 3.8) is 0 Å². The van der Waals surface area contributed by atoms with Gasteiger partial charge < -0.3 is 5.32 Å². The lowest BCUT2D eigenvalue weighted by molar-refractivity contribution is -0.124. The van der Waals surface area contributed by atoms with Gasteiger partial charge in [-0.1, -0.05) is 34.9 Å². The van der Waals surface area contributed by atoms with Crippen molar-refractivity contribution >= 4 is 35.1 Å². The molecule has 0 aromatic carbocycles. The molecule has 1 atom stereocenters. The van der Waals surface area contributed by atoms with E-state index in [0.717, 1.165) is 31.4 Å². The van der Waals surface area contributed by atoms with Gasteiger partial charge in [-0.05, 0) is 53.4 Å². The zero-order valence-corrected chi connectivity index (χ0v) is 18.4. The second kappa shape index (κ2) is 15.1. The summed E-state index contributed by atoms with van der Waals surface area (Å²) in [5, 5.41) is 2.66. The molecule has 0 aromatic rings. The van der Waals surface area contributed by atoms with Crippen LogP contribution in [0, 0.1) is 0 Å². The second-order valence-corrected chi connectivity index (χ2v) is 8.19. The van der Waals surface area contributed by atoms with Gasteiger partial charge in [-0.3, -0.25) is 9.59 Å². The van der Waals surface area contributed by atoms with E-state index in [-0.39, 0.29) is 17.6 Å². The van der Waals surface area contributed by atoms with Crippen molar-refractivity contribution in [3.8, 4) is 0 Å². The molecule has 26 heavy (non-hydrogen) atoms. The lowest BCUT2D eigenvalue weighted by atomic mass is 10.1. The van der Waals surface area contributed by atoms with E-state index in [0.29, 0.717) is 5.75 Å². The molecule has 0 heterocycles. The van der Waals surface area contributed by atoms with E-state index in [1.165, 1.54) is 23.6 Å². The summed E-state index contributed by atoms with van der Waals surface area (Å²) in [6.45, 7) is 10.0. The minimum Gasteiger partial charge on any atom is -0.346 e. The summed E-state index contributed by atoms with van der Waals surface area (Å²) in [7, 11) is 0. The van der Waals surface area contributed by atoms with E-state index >= 15 is 0 Å². The summed E-state index contributed by atoms with van der Waals surface area (Å²) < 4.78 is 0. The molecule has 0 aliphatic rings. The molecule has 0 spiro atoms. The largest absolute Gasteiger partial charge is 0.346 e. The van der Waals surface area contributed by atoms with Crippen LogP contribution in [0.4, 0.5) is 0 Å². The van der Waals surface area contributed by atoms with Crippen LogP contribution in [0.5, 0.6) is 0 Å². The predicted molar refractivity (Wildman–Crippen MR) is 116 cm³/mol. The highest BCUT2D eigenvalue weighted by atomic mass is 35.5. The Kier molecular flexibility index (Phi) is 14.5. The Labute approximate surface area is 168 Å². The third kappa shape index (κ3) is 14.2. The minimum atomic E-state index is -0.491. The Morgan fingerprint density at radius 2 is 1.54 bits per heavy atom. The molecule has 0 fully saturated rings. The Balaban J connectivity index is 4.14. The first-order chi connectivity index (χ1) is 12.3. The summed E-state index contributed by atoms with van der Waals surface area (Å²) >= 11 is 7.23. The van der Waals surface area contributed by atoms with E-state index < -0.39 is 6.04 Å². The molecule has 5 heteroatoms. The van der Waals surface area contributed by atoms with Crippen molar-refractivity contribution in [1.82, 2.24) is 5.32 Å². The van der Waals surface area contributed by atoms with Gasteiger partial charge in [0.05, 0.1) is 11.9 Å². The monoisotopic (exact) mass is 399 g/mol. The normalized spacial score (nSPS) is 13.3. The number of Topliss-reactive ketones (excluding diaryl/α,β-unsaturated/α-hetero) is 1. The van der Waals surface area contributed by atoms with Gasteiger partial charge in [-0.2, -0.15) is 11.8 Å². The van der Waals surface area contributed by atoms with Gasteiger partial charge in [0.2, 0.25) is 5.91 Å². The molecule has 0 radical (unpaired) electrons. The van der Waals surface area contributed by atoms with Crippen molar-refractivity contribution in [3.05, 3.63) is 34.9 Å². The number of carbonyl (C=O) groups is 2. The van der Waals surface area contributed by atoms with Crippen LogP contribution in [0.3, 0.4) is 0 Å². The van der Waals surface area contributed by atoms with Gasteiger partial charge in [0.1, 0.15) is 0 Å². The SMILES string of the molecule is CC(=O)NC(CSC/C=C(\C)CC/C=C(\C)CCC=C(C)C)C(=O)CCl. The van der Waals surface area contributed by atoms with E-state index in [9.17, 15) is 9.59 Å². The Morgan fingerprint density at radius 1 is 0.962 bits per heavy atom. The number of nitrogens with one attached hydrogen (secondary N) is 1. The summed E-state index contributed by atoms with van der Waals surface area (Å²) in [5.74, 6) is 0.981. The van der Waals surface area contributed by atoms with Gasteiger partial charge in [0.25, 0.3) is 0 Å². The number of thioether (sulfide) groups is 1. The van der Waals surface area contributed by atoms with Crippen molar-refractivity contribution in [2.24, 2.45) is 0 Å². The molecule has 0 rings (SSSR count). The molecule has 0 saturated carbocycles. The quantitative estimate of drug-likeness (QED) is 0.254. The van der Waals surface area contributed by atoms with Gasteiger partial charge in [-0.15, -0.1) is 11.6 Å². The number of carbonyl (C=O) groups excluding carboxylic acids is 2. The zero-order chi connectivity index (χ0) is 19.9. The summed E-state index contributed by atoms with van der Waals surface area (Å²) in [4.78, 5) is 22.9. The molecule has 3 nitrogen and oxygen atoms in total. The average molecular weight is 400 g/mol. The van der Waals surface area contributed by atoms with Crippen LogP contribution >= 0.6 is 23.4 Å². The Morgan fingerprint density at radius 3 is 2.08 bits per heavy atom. The summed E-state index contributed by atoms with van der Waals surface area (Å²) in [5.41, 5.74) is 4.18. The topological polar surface area (TPSA) is 46.2 Å².